The molecule has 1 aromatic carbocycles. The van der Waals surface area contributed by atoms with Crippen molar-refractivity contribution >= 4 is 11.6 Å². The van der Waals surface area contributed by atoms with Crippen LogP contribution in [0.3, 0.4) is 0 Å². The summed E-state index contributed by atoms with van der Waals surface area (Å²) >= 11 is 6.23. The van der Waals surface area contributed by atoms with Crippen LogP contribution in [0, 0.1) is 5.92 Å². The Morgan fingerprint density at radius 3 is 2.94 bits per heavy atom. The average Bonchev–Trinajstić information content (AvgIpc) is 2.37. The van der Waals surface area contributed by atoms with Gasteiger partial charge >= 0.3 is 0 Å². The fourth-order valence-electron chi connectivity index (χ4n) is 2.77. The molecule has 0 bridgehead atoms. The zero-order valence-corrected chi connectivity index (χ0v) is 12.0. The van der Waals surface area contributed by atoms with Crippen molar-refractivity contribution in [2.24, 2.45) is 5.92 Å². The van der Waals surface area contributed by atoms with E-state index in [4.69, 9.17) is 16.3 Å². The lowest BCUT2D eigenvalue weighted by Crippen LogP contribution is -2.33. The summed E-state index contributed by atoms with van der Waals surface area (Å²) in [5.74, 6) is 1.71. The van der Waals surface area contributed by atoms with Crippen molar-refractivity contribution < 1.29 is 4.74 Å². The molecule has 0 amide bonds. The quantitative estimate of drug-likeness (QED) is 0.890. The van der Waals surface area contributed by atoms with Crippen LogP contribution in [-0.2, 0) is 6.54 Å². The number of nitrogens with one attached hydrogen (secondary N) is 1. The summed E-state index contributed by atoms with van der Waals surface area (Å²) in [7, 11) is 1.69. The van der Waals surface area contributed by atoms with E-state index in [2.05, 4.69) is 12.2 Å². The third-order valence-electron chi connectivity index (χ3n) is 3.80. The molecule has 0 aromatic heterocycles. The Bertz CT molecular complexity index is 394. The minimum Gasteiger partial charge on any atom is -0.496 e. The largest absolute Gasteiger partial charge is 0.496 e. The molecule has 0 aliphatic heterocycles. The maximum atomic E-state index is 6.23. The Labute approximate surface area is 115 Å². The van der Waals surface area contributed by atoms with Gasteiger partial charge < -0.3 is 10.1 Å². The molecular formula is C15H22ClNO. The molecule has 18 heavy (non-hydrogen) atoms. The number of benzene rings is 1. The lowest BCUT2D eigenvalue weighted by Gasteiger charge is -2.28. The maximum absolute atomic E-state index is 6.23. The van der Waals surface area contributed by atoms with Crippen LogP contribution in [0.2, 0.25) is 5.02 Å². The van der Waals surface area contributed by atoms with Gasteiger partial charge in [0.2, 0.25) is 0 Å². The van der Waals surface area contributed by atoms with Gasteiger partial charge in [0, 0.05) is 23.2 Å². The van der Waals surface area contributed by atoms with E-state index in [0.717, 1.165) is 28.8 Å². The van der Waals surface area contributed by atoms with Crippen molar-refractivity contribution in [1.29, 1.82) is 0 Å². The number of hydrogen-bond donors (Lipinski definition) is 1. The number of hydrogen-bond acceptors (Lipinski definition) is 2. The molecule has 2 nitrogen and oxygen atoms in total. The van der Waals surface area contributed by atoms with E-state index in [-0.39, 0.29) is 0 Å². The smallest absolute Gasteiger partial charge is 0.124 e. The Morgan fingerprint density at radius 2 is 2.22 bits per heavy atom. The molecule has 0 saturated heterocycles. The fourth-order valence-corrected chi connectivity index (χ4v) is 3.00. The first kappa shape index (κ1) is 13.7. The molecule has 1 aliphatic carbocycles. The third kappa shape index (κ3) is 3.39. The standard InChI is InChI=1S/C15H22ClNO/c1-11-5-3-6-12(9-11)17-10-13-14(16)7-4-8-15(13)18-2/h4,7-8,11-12,17H,3,5-6,9-10H2,1-2H3. The Morgan fingerprint density at radius 1 is 1.39 bits per heavy atom. The fraction of sp³-hybridized carbons (Fsp3) is 0.600. The molecule has 0 spiro atoms. The van der Waals surface area contributed by atoms with Gasteiger partial charge in [0.25, 0.3) is 0 Å². The number of halogens is 1. The van der Waals surface area contributed by atoms with Gasteiger partial charge in [-0.25, -0.2) is 0 Å². The average molecular weight is 268 g/mol. The van der Waals surface area contributed by atoms with Crippen LogP contribution in [0.15, 0.2) is 18.2 Å². The van der Waals surface area contributed by atoms with E-state index in [1.54, 1.807) is 7.11 Å². The molecule has 0 heterocycles. The van der Waals surface area contributed by atoms with Crippen LogP contribution in [0.4, 0.5) is 0 Å². The van der Waals surface area contributed by atoms with Crippen LogP contribution in [-0.4, -0.2) is 13.2 Å². The first-order valence-corrected chi connectivity index (χ1v) is 7.13. The summed E-state index contributed by atoms with van der Waals surface area (Å²) in [6, 6.07) is 6.43. The number of rotatable bonds is 4. The molecule has 1 aliphatic rings. The van der Waals surface area contributed by atoms with E-state index in [0.29, 0.717) is 6.04 Å². The van der Waals surface area contributed by atoms with Gasteiger partial charge in [-0.15, -0.1) is 0 Å². The molecular weight excluding hydrogens is 246 g/mol. The SMILES string of the molecule is COc1cccc(Cl)c1CNC1CCCC(C)C1. The molecule has 3 heteroatoms. The highest BCUT2D eigenvalue weighted by molar-refractivity contribution is 6.31. The van der Waals surface area contributed by atoms with Gasteiger partial charge in [0.05, 0.1) is 7.11 Å². The van der Waals surface area contributed by atoms with Crippen LogP contribution >= 0.6 is 11.6 Å². The van der Waals surface area contributed by atoms with E-state index in [9.17, 15) is 0 Å². The van der Waals surface area contributed by atoms with Gasteiger partial charge in [-0.2, -0.15) is 0 Å². The minimum atomic E-state index is 0.620. The zero-order chi connectivity index (χ0) is 13.0. The molecule has 2 rings (SSSR count). The van der Waals surface area contributed by atoms with Gasteiger partial charge in [-0.05, 0) is 30.9 Å². The highest BCUT2D eigenvalue weighted by Gasteiger charge is 2.19. The minimum absolute atomic E-state index is 0.620. The second-order valence-electron chi connectivity index (χ2n) is 5.27. The summed E-state index contributed by atoms with van der Waals surface area (Å²) in [6.45, 7) is 3.13. The monoisotopic (exact) mass is 267 g/mol. The number of methoxy groups -OCH3 is 1. The highest BCUT2D eigenvalue weighted by atomic mass is 35.5. The lowest BCUT2D eigenvalue weighted by atomic mass is 9.87. The first-order valence-electron chi connectivity index (χ1n) is 6.75. The van der Waals surface area contributed by atoms with E-state index >= 15 is 0 Å². The summed E-state index contributed by atoms with van der Waals surface area (Å²) < 4.78 is 5.36. The lowest BCUT2D eigenvalue weighted by molar-refractivity contribution is 0.299. The highest BCUT2D eigenvalue weighted by Crippen LogP contribution is 2.28. The predicted molar refractivity (Wildman–Crippen MR) is 76.3 cm³/mol. The summed E-state index contributed by atoms with van der Waals surface area (Å²) in [4.78, 5) is 0. The van der Waals surface area contributed by atoms with Crippen LogP contribution in [0.5, 0.6) is 5.75 Å². The molecule has 2 atom stereocenters. The van der Waals surface area contributed by atoms with E-state index in [1.165, 1.54) is 25.7 Å². The topological polar surface area (TPSA) is 21.3 Å². The van der Waals surface area contributed by atoms with E-state index < -0.39 is 0 Å². The normalized spacial score (nSPS) is 23.9. The summed E-state index contributed by atoms with van der Waals surface area (Å²) in [6.07, 6.45) is 5.25. The third-order valence-corrected chi connectivity index (χ3v) is 4.15. The first-order chi connectivity index (χ1) is 8.70. The van der Waals surface area contributed by atoms with E-state index in [1.807, 2.05) is 18.2 Å². The van der Waals surface area contributed by atoms with Crippen LogP contribution < -0.4 is 10.1 Å². The van der Waals surface area contributed by atoms with Crippen LogP contribution in [0.1, 0.15) is 38.2 Å². The van der Waals surface area contributed by atoms with Crippen molar-refractivity contribution in [3.63, 3.8) is 0 Å². The molecule has 100 valence electrons. The van der Waals surface area contributed by atoms with Crippen LogP contribution in [0.25, 0.3) is 0 Å². The van der Waals surface area contributed by atoms with Crippen molar-refractivity contribution in [3.05, 3.63) is 28.8 Å². The van der Waals surface area contributed by atoms with Gasteiger partial charge in [0.15, 0.2) is 0 Å². The van der Waals surface area contributed by atoms with Crippen molar-refractivity contribution in [1.82, 2.24) is 5.32 Å². The molecule has 1 fully saturated rings. The van der Waals surface area contributed by atoms with Gasteiger partial charge in [0.1, 0.15) is 5.75 Å². The molecule has 2 unspecified atom stereocenters. The van der Waals surface area contributed by atoms with Crippen molar-refractivity contribution in [3.8, 4) is 5.75 Å². The van der Waals surface area contributed by atoms with Crippen molar-refractivity contribution in [2.75, 3.05) is 7.11 Å². The Kier molecular flexibility index (Phi) is 4.90. The second kappa shape index (κ2) is 6.44. The molecule has 0 radical (unpaired) electrons. The second-order valence-corrected chi connectivity index (χ2v) is 5.68. The predicted octanol–water partition coefficient (Wildman–Crippen LogP) is 4.02. The molecule has 1 saturated carbocycles. The van der Waals surface area contributed by atoms with Gasteiger partial charge in [-0.3, -0.25) is 0 Å². The molecule has 1 N–H and O–H groups in total. The van der Waals surface area contributed by atoms with Crippen molar-refractivity contribution in [2.45, 2.75) is 45.2 Å². The Hall–Kier alpha value is -0.730. The maximum Gasteiger partial charge on any atom is 0.124 e. The summed E-state index contributed by atoms with van der Waals surface area (Å²) in [5, 5.41) is 4.40. The van der Waals surface area contributed by atoms with Gasteiger partial charge in [-0.1, -0.05) is 37.4 Å². The zero-order valence-electron chi connectivity index (χ0n) is 11.2. The summed E-state index contributed by atoms with van der Waals surface area (Å²) in [5.41, 5.74) is 1.07. The molecule has 1 aromatic rings. The number of ether oxygens (including phenoxy) is 1. The Balaban J connectivity index is 1.97.